The third kappa shape index (κ3) is 6.94. The van der Waals surface area contributed by atoms with Gasteiger partial charge in [0.1, 0.15) is 12.1 Å². The summed E-state index contributed by atoms with van der Waals surface area (Å²) >= 11 is 0. The maximum absolute atomic E-state index is 13.4. The van der Waals surface area contributed by atoms with Gasteiger partial charge in [0.05, 0.1) is 12.0 Å². The number of fused-ring (bicyclic) bond motifs is 1. The SMILES string of the molecule is O=C(NCc1cccc2ccccc12)[C@H](Cc1ccccc1)NC(=O)[C@@H]1[C@@H](C(=O)[O-])N1Cc1ccccc1.[Na+]. The Morgan fingerprint density at radius 2 is 1.38 bits per heavy atom. The van der Waals surface area contributed by atoms with Crippen LogP contribution in [0.25, 0.3) is 10.8 Å². The number of benzene rings is 4. The number of amides is 2. The predicted octanol–water partition coefficient (Wildman–Crippen LogP) is -0.810. The molecule has 39 heavy (non-hydrogen) atoms. The van der Waals surface area contributed by atoms with Crippen LogP contribution in [0.4, 0.5) is 0 Å². The van der Waals surface area contributed by atoms with Crippen molar-refractivity contribution in [2.24, 2.45) is 0 Å². The van der Waals surface area contributed by atoms with Crippen LogP contribution in [-0.4, -0.2) is 40.8 Å². The Hall–Kier alpha value is -3.49. The van der Waals surface area contributed by atoms with E-state index in [1.807, 2.05) is 103 Å². The predicted molar refractivity (Wildman–Crippen MR) is 142 cm³/mol. The summed E-state index contributed by atoms with van der Waals surface area (Å²) in [5.41, 5.74) is 2.74. The molecule has 4 aromatic carbocycles. The molecule has 0 aromatic heterocycles. The Morgan fingerprint density at radius 1 is 0.769 bits per heavy atom. The Labute approximate surface area is 249 Å². The van der Waals surface area contributed by atoms with Crippen molar-refractivity contribution in [1.29, 1.82) is 0 Å². The van der Waals surface area contributed by atoms with E-state index in [2.05, 4.69) is 10.6 Å². The Balaban J connectivity index is 0.00000353. The fourth-order valence-electron chi connectivity index (χ4n) is 4.89. The Morgan fingerprint density at radius 3 is 2.08 bits per heavy atom. The fourth-order valence-corrected chi connectivity index (χ4v) is 4.89. The molecule has 0 radical (unpaired) electrons. The molecular weight excluding hydrogens is 501 g/mol. The molecule has 1 aliphatic rings. The van der Waals surface area contributed by atoms with Crippen LogP contribution >= 0.6 is 0 Å². The zero-order valence-corrected chi connectivity index (χ0v) is 23.7. The molecule has 1 saturated heterocycles. The summed E-state index contributed by atoms with van der Waals surface area (Å²) in [6.45, 7) is 0.598. The summed E-state index contributed by atoms with van der Waals surface area (Å²) in [7, 11) is 0. The number of nitrogens with one attached hydrogen (secondary N) is 2. The van der Waals surface area contributed by atoms with E-state index in [1.54, 1.807) is 4.90 Å². The molecule has 1 heterocycles. The van der Waals surface area contributed by atoms with Crippen LogP contribution < -0.4 is 45.3 Å². The molecule has 2 N–H and O–H groups in total. The van der Waals surface area contributed by atoms with Crippen LogP contribution in [0, 0.1) is 0 Å². The number of nitrogens with zero attached hydrogens (tertiary/aromatic N) is 1. The molecule has 1 aliphatic heterocycles. The molecule has 192 valence electrons. The molecule has 2 amide bonds. The topological polar surface area (TPSA) is 101 Å². The first kappa shape index (κ1) is 28.5. The van der Waals surface area contributed by atoms with Gasteiger partial charge in [0.2, 0.25) is 11.8 Å². The average molecular weight is 530 g/mol. The number of carboxylic acid groups (broad SMARTS) is 1. The number of carboxylic acids is 1. The van der Waals surface area contributed by atoms with Gasteiger partial charge in [0.15, 0.2) is 0 Å². The average Bonchev–Trinajstić information content (AvgIpc) is 3.66. The van der Waals surface area contributed by atoms with Crippen molar-refractivity contribution in [3.05, 3.63) is 120 Å². The smallest absolute Gasteiger partial charge is 0.548 e. The summed E-state index contributed by atoms with van der Waals surface area (Å²) in [5, 5.41) is 19.6. The number of hydrogen-bond acceptors (Lipinski definition) is 5. The van der Waals surface area contributed by atoms with E-state index in [4.69, 9.17) is 0 Å². The van der Waals surface area contributed by atoms with Crippen molar-refractivity contribution in [3.63, 3.8) is 0 Å². The van der Waals surface area contributed by atoms with Gasteiger partial charge in [-0.05, 0) is 27.5 Å². The van der Waals surface area contributed by atoms with E-state index in [0.29, 0.717) is 13.1 Å². The van der Waals surface area contributed by atoms with Gasteiger partial charge in [-0.2, -0.15) is 0 Å². The molecule has 4 atom stereocenters. The first-order valence-corrected chi connectivity index (χ1v) is 12.6. The molecule has 7 nitrogen and oxygen atoms in total. The number of carbonyl (C=O) groups excluding carboxylic acids is 3. The molecule has 1 fully saturated rings. The van der Waals surface area contributed by atoms with Crippen molar-refractivity contribution in [2.75, 3.05) is 0 Å². The molecule has 0 aliphatic carbocycles. The van der Waals surface area contributed by atoms with Crippen LogP contribution in [0.1, 0.15) is 16.7 Å². The second kappa shape index (κ2) is 13.0. The Bertz CT molecular complexity index is 1440. The molecule has 1 unspecified atom stereocenters. The van der Waals surface area contributed by atoms with Gasteiger partial charge >= 0.3 is 29.6 Å². The quantitative estimate of drug-likeness (QED) is 0.207. The third-order valence-electron chi connectivity index (χ3n) is 6.89. The van der Waals surface area contributed by atoms with Gasteiger partial charge < -0.3 is 20.5 Å². The zero-order chi connectivity index (χ0) is 26.5. The standard InChI is InChI=1S/C31H29N3O4.Na/c35-29(32-19-24-16-9-15-23-14-7-8-17-25(23)24)26(18-21-10-3-1-4-11-21)33-30(36)27-28(31(37)38)34(27)20-22-12-5-2-6-13-22;/h1-17,26-28H,18-20H2,(H,32,35)(H,33,36)(H,37,38);/q;+1/p-1/t26-,27-,28-,34?;/m0./s1. The summed E-state index contributed by atoms with van der Waals surface area (Å²) in [6, 6.07) is 29.8. The van der Waals surface area contributed by atoms with Gasteiger partial charge in [-0.1, -0.05) is 103 Å². The molecule has 5 rings (SSSR count). The zero-order valence-electron chi connectivity index (χ0n) is 21.7. The van der Waals surface area contributed by atoms with Crippen LogP contribution in [0.3, 0.4) is 0 Å². The molecule has 0 spiro atoms. The fraction of sp³-hybridized carbons (Fsp3) is 0.194. The van der Waals surface area contributed by atoms with Crippen molar-refractivity contribution in [1.82, 2.24) is 15.5 Å². The van der Waals surface area contributed by atoms with Crippen LogP contribution in [0.5, 0.6) is 0 Å². The van der Waals surface area contributed by atoms with E-state index in [-0.39, 0.29) is 41.9 Å². The molecule has 0 bridgehead atoms. The van der Waals surface area contributed by atoms with E-state index in [9.17, 15) is 19.5 Å². The maximum atomic E-state index is 13.4. The minimum absolute atomic E-state index is 0. The molecule has 0 saturated carbocycles. The van der Waals surface area contributed by atoms with Crippen molar-refractivity contribution in [2.45, 2.75) is 37.6 Å². The Kier molecular flexibility index (Phi) is 9.54. The second-order valence-electron chi connectivity index (χ2n) is 9.47. The van der Waals surface area contributed by atoms with Crippen LogP contribution in [-0.2, 0) is 33.9 Å². The summed E-state index contributed by atoms with van der Waals surface area (Å²) in [5.74, 6) is -2.15. The van der Waals surface area contributed by atoms with E-state index in [1.165, 1.54) is 0 Å². The van der Waals surface area contributed by atoms with E-state index >= 15 is 0 Å². The monoisotopic (exact) mass is 529 g/mol. The normalized spacial score (nSPS) is 18.4. The molecule has 8 heteroatoms. The number of hydrogen-bond donors (Lipinski definition) is 2. The van der Waals surface area contributed by atoms with Crippen molar-refractivity contribution >= 4 is 28.6 Å². The van der Waals surface area contributed by atoms with Gasteiger partial charge in [-0.25, -0.2) is 0 Å². The number of aliphatic carboxylic acids is 1. The first-order chi connectivity index (χ1) is 18.5. The second-order valence-corrected chi connectivity index (χ2v) is 9.47. The largest absolute Gasteiger partial charge is 1.00 e. The molecule has 4 aromatic rings. The van der Waals surface area contributed by atoms with E-state index in [0.717, 1.165) is 27.5 Å². The van der Waals surface area contributed by atoms with Gasteiger partial charge in [0.25, 0.3) is 0 Å². The number of carbonyl (C=O) groups is 3. The first-order valence-electron chi connectivity index (χ1n) is 12.6. The number of rotatable bonds is 10. The third-order valence-corrected chi connectivity index (χ3v) is 6.89. The van der Waals surface area contributed by atoms with Crippen LogP contribution in [0.2, 0.25) is 0 Å². The van der Waals surface area contributed by atoms with Gasteiger partial charge in [-0.15, -0.1) is 0 Å². The van der Waals surface area contributed by atoms with Gasteiger partial charge in [-0.3, -0.25) is 14.5 Å². The summed E-state index contributed by atoms with van der Waals surface area (Å²) in [4.78, 5) is 39.9. The van der Waals surface area contributed by atoms with Gasteiger partial charge in [0, 0.05) is 19.5 Å². The summed E-state index contributed by atoms with van der Waals surface area (Å²) in [6.07, 6.45) is 0.273. The van der Waals surface area contributed by atoms with Crippen LogP contribution in [0.15, 0.2) is 103 Å². The minimum atomic E-state index is -1.30. The maximum Gasteiger partial charge on any atom is 1.00 e. The minimum Gasteiger partial charge on any atom is -0.548 e. The van der Waals surface area contributed by atoms with Crippen molar-refractivity contribution in [3.8, 4) is 0 Å². The molecular formula is C31H28N3NaO4. The van der Waals surface area contributed by atoms with Crippen molar-refractivity contribution < 1.29 is 49.0 Å². The van der Waals surface area contributed by atoms with E-state index < -0.39 is 30.0 Å². The summed E-state index contributed by atoms with van der Waals surface area (Å²) < 4.78 is 0.